The van der Waals surface area contributed by atoms with E-state index in [0.717, 1.165) is 17.7 Å². The third kappa shape index (κ3) is 5.30. The molecule has 0 aliphatic carbocycles. The van der Waals surface area contributed by atoms with Gasteiger partial charge >= 0.3 is 0 Å². The van der Waals surface area contributed by atoms with Gasteiger partial charge in [-0.1, -0.05) is 19.1 Å². The summed E-state index contributed by atoms with van der Waals surface area (Å²) < 4.78 is 5.32. The summed E-state index contributed by atoms with van der Waals surface area (Å²) in [6.07, 6.45) is 0.921. The molecule has 1 amide bonds. The molecule has 0 unspecified atom stereocenters. The maximum Gasteiger partial charge on any atom is 0.249 e. The molecule has 0 heterocycles. The van der Waals surface area contributed by atoms with Gasteiger partial charge in [-0.3, -0.25) is 4.79 Å². The van der Waals surface area contributed by atoms with E-state index < -0.39 is 0 Å². The summed E-state index contributed by atoms with van der Waals surface area (Å²) in [5, 5.41) is 0. The topological polar surface area (TPSA) is 55.6 Å². The van der Waals surface area contributed by atoms with E-state index in [1.165, 1.54) is 0 Å². The Morgan fingerprint density at radius 2 is 2.16 bits per heavy atom. The fourth-order valence-corrected chi connectivity index (χ4v) is 1.83. The molecule has 0 aromatic heterocycles. The van der Waals surface area contributed by atoms with Crippen LogP contribution in [-0.2, 0) is 16.1 Å². The lowest BCUT2D eigenvalue weighted by atomic mass is 10.1. The Balaban J connectivity index is 2.64. The minimum atomic E-state index is 0.0193. The van der Waals surface area contributed by atoms with E-state index in [0.29, 0.717) is 13.2 Å². The van der Waals surface area contributed by atoms with Crippen LogP contribution in [0.25, 0.3) is 0 Å². The van der Waals surface area contributed by atoms with Gasteiger partial charge in [0.1, 0.15) is 6.61 Å². The first-order valence-corrected chi connectivity index (χ1v) is 6.76. The van der Waals surface area contributed by atoms with Gasteiger partial charge in [-0.2, -0.15) is 0 Å². The zero-order valence-corrected chi connectivity index (χ0v) is 12.1. The summed E-state index contributed by atoms with van der Waals surface area (Å²) in [6.45, 7) is 7.37. The van der Waals surface area contributed by atoms with Crippen molar-refractivity contribution >= 4 is 11.6 Å². The number of carbonyl (C=O) groups excluding carboxylic acids is 1. The molecule has 0 atom stereocenters. The van der Waals surface area contributed by atoms with E-state index >= 15 is 0 Å². The van der Waals surface area contributed by atoms with E-state index in [-0.39, 0.29) is 18.6 Å². The number of benzene rings is 1. The van der Waals surface area contributed by atoms with Crippen molar-refractivity contribution in [3.63, 3.8) is 0 Å². The predicted octanol–water partition coefficient (Wildman–Crippen LogP) is 2.43. The Bertz CT molecular complexity index is 405. The normalized spacial score (nSPS) is 10.7. The second-order valence-corrected chi connectivity index (χ2v) is 4.91. The molecule has 1 aromatic rings. The van der Waals surface area contributed by atoms with Gasteiger partial charge in [0.15, 0.2) is 0 Å². The lowest BCUT2D eigenvalue weighted by molar-refractivity contribution is -0.138. The average Bonchev–Trinajstić information content (AvgIpc) is 2.36. The second kappa shape index (κ2) is 7.79. The fourth-order valence-electron chi connectivity index (χ4n) is 1.83. The average molecular weight is 264 g/mol. The highest BCUT2D eigenvalue weighted by atomic mass is 16.5. The minimum Gasteiger partial charge on any atom is -0.399 e. The number of ether oxygens (including phenoxy) is 1. The predicted molar refractivity (Wildman–Crippen MR) is 77.7 cm³/mol. The first kappa shape index (κ1) is 15.5. The molecule has 0 saturated heterocycles. The number of nitrogen functional groups attached to an aromatic ring is 1. The SMILES string of the molecule is CCCOCC(=O)N(Cc1cccc(N)c1)C(C)C. The van der Waals surface area contributed by atoms with Gasteiger partial charge in [0.2, 0.25) is 5.91 Å². The number of nitrogens with two attached hydrogens (primary N) is 1. The summed E-state index contributed by atoms with van der Waals surface area (Å²) in [7, 11) is 0. The summed E-state index contributed by atoms with van der Waals surface area (Å²) in [5.41, 5.74) is 7.51. The first-order valence-electron chi connectivity index (χ1n) is 6.76. The van der Waals surface area contributed by atoms with Gasteiger partial charge in [-0.15, -0.1) is 0 Å². The summed E-state index contributed by atoms with van der Waals surface area (Å²) >= 11 is 0. The van der Waals surface area contributed by atoms with Crippen LogP contribution in [0.4, 0.5) is 5.69 Å². The Morgan fingerprint density at radius 3 is 2.74 bits per heavy atom. The maximum absolute atomic E-state index is 12.1. The van der Waals surface area contributed by atoms with Crippen LogP contribution < -0.4 is 5.73 Å². The fraction of sp³-hybridized carbons (Fsp3) is 0.533. The molecule has 0 saturated carbocycles. The van der Waals surface area contributed by atoms with Crippen LogP contribution in [-0.4, -0.2) is 30.1 Å². The highest BCUT2D eigenvalue weighted by Gasteiger charge is 2.17. The van der Waals surface area contributed by atoms with Crippen molar-refractivity contribution in [3.8, 4) is 0 Å². The standard InChI is InChI=1S/C15H24N2O2/c1-4-8-19-11-15(18)17(12(2)3)10-13-6-5-7-14(16)9-13/h5-7,9,12H,4,8,10-11,16H2,1-3H3. The van der Waals surface area contributed by atoms with Crippen LogP contribution in [0.1, 0.15) is 32.8 Å². The first-order chi connectivity index (χ1) is 9.04. The molecular formula is C15H24N2O2. The zero-order chi connectivity index (χ0) is 14.3. The van der Waals surface area contributed by atoms with Crippen LogP contribution in [0.15, 0.2) is 24.3 Å². The highest BCUT2D eigenvalue weighted by Crippen LogP contribution is 2.12. The van der Waals surface area contributed by atoms with Crippen molar-refractivity contribution in [2.45, 2.75) is 39.8 Å². The molecule has 0 aliphatic heterocycles. The molecule has 4 nitrogen and oxygen atoms in total. The lowest BCUT2D eigenvalue weighted by Gasteiger charge is -2.27. The molecule has 1 rings (SSSR count). The third-order valence-electron chi connectivity index (χ3n) is 2.82. The monoisotopic (exact) mass is 264 g/mol. The van der Waals surface area contributed by atoms with Crippen molar-refractivity contribution in [2.24, 2.45) is 0 Å². The Labute approximate surface area is 115 Å². The number of hydrogen-bond acceptors (Lipinski definition) is 3. The number of anilines is 1. The summed E-state index contributed by atoms with van der Waals surface area (Å²) in [5.74, 6) is 0.0193. The van der Waals surface area contributed by atoms with Crippen LogP contribution in [0.3, 0.4) is 0 Å². The van der Waals surface area contributed by atoms with E-state index in [1.54, 1.807) is 0 Å². The molecule has 0 bridgehead atoms. The highest BCUT2D eigenvalue weighted by molar-refractivity contribution is 5.77. The molecule has 0 aliphatic rings. The van der Waals surface area contributed by atoms with E-state index in [2.05, 4.69) is 0 Å². The molecule has 4 heteroatoms. The zero-order valence-electron chi connectivity index (χ0n) is 12.1. The van der Waals surface area contributed by atoms with Crippen molar-refractivity contribution in [2.75, 3.05) is 18.9 Å². The number of rotatable bonds is 7. The van der Waals surface area contributed by atoms with Crippen LogP contribution >= 0.6 is 0 Å². The van der Waals surface area contributed by atoms with Crippen molar-refractivity contribution < 1.29 is 9.53 Å². The molecular weight excluding hydrogens is 240 g/mol. The molecule has 1 aromatic carbocycles. The van der Waals surface area contributed by atoms with E-state index in [4.69, 9.17) is 10.5 Å². The maximum atomic E-state index is 12.1. The largest absolute Gasteiger partial charge is 0.399 e. The van der Waals surface area contributed by atoms with Crippen molar-refractivity contribution in [3.05, 3.63) is 29.8 Å². The summed E-state index contributed by atoms with van der Waals surface area (Å²) in [4.78, 5) is 13.9. The molecule has 0 fully saturated rings. The van der Waals surface area contributed by atoms with Gasteiger partial charge in [0, 0.05) is 24.9 Å². The Morgan fingerprint density at radius 1 is 1.42 bits per heavy atom. The number of carbonyl (C=O) groups is 1. The Kier molecular flexibility index (Phi) is 6.36. The quantitative estimate of drug-likeness (QED) is 0.608. The molecule has 0 spiro atoms. The molecule has 19 heavy (non-hydrogen) atoms. The van der Waals surface area contributed by atoms with Crippen molar-refractivity contribution in [1.82, 2.24) is 4.90 Å². The minimum absolute atomic E-state index is 0.0193. The molecule has 0 radical (unpaired) electrons. The van der Waals surface area contributed by atoms with Crippen molar-refractivity contribution in [1.29, 1.82) is 0 Å². The third-order valence-corrected chi connectivity index (χ3v) is 2.82. The van der Waals surface area contributed by atoms with Gasteiger partial charge < -0.3 is 15.4 Å². The second-order valence-electron chi connectivity index (χ2n) is 4.91. The summed E-state index contributed by atoms with van der Waals surface area (Å²) in [6, 6.07) is 7.76. The van der Waals surface area contributed by atoms with Crippen LogP contribution in [0.2, 0.25) is 0 Å². The molecule has 106 valence electrons. The number of amides is 1. The van der Waals surface area contributed by atoms with Gasteiger partial charge in [0.25, 0.3) is 0 Å². The van der Waals surface area contributed by atoms with Gasteiger partial charge in [-0.05, 0) is 38.0 Å². The van der Waals surface area contributed by atoms with Crippen LogP contribution in [0.5, 0.6) is 0 Å². The number of nitrogens with zero attached hydrogens (tertiary/aromatic N) is 1. The molecule has 2 N–H and O–H groups in total. The lowest BCUT2D eigenvalue weighted by Crippen LogP contribution is -2.38. The van der Waals surface area contributed by atoms with Gasteiger partial charge in [0.05, 0.1) is 0 Å². The smallest absolute Gasteiger partial charge is 0.249 e. The van der Waals surface area contributed by atoms with E-state index in [1.807, 2.05) is 49.9 Å². The van der Waals surface area contributed by atoms with Gasteiger partial charge in [-0.25, -0.2) is 0 Å². The number of hydrogen-bond donors (Lipinski definition) is 1. The Hall–Kier alpha value is -1.55. The van der Waals surface area contributed by atoms with E-state index in [9.17, 15) is 4.79 Å². The van der Waals surface area contributed by atoms with Crippen LogP contribution in [0, 0.1) is 0 Å².